The summed E-state index contributed by atoms with van der Waals surface area (Å²) in [6.07, 6.45) is 0.0892. The van der Waals surface area contributed by atoms with Crippen LogP contribution in [-0.4, -0.2) is 16.8 Å². The molecule has 0 aliphatic carbocycles. The first-order valence-electron chi connectivity index (χ1n) is 11.4. The highest BCUT2D eigenvalue weighted by atomic mass is 19.3. The molecule has 0 aliphatic heterocycles. The molecule has 0 bridgehead atoms. The van der Waals surface area contributed by atoms with E-state index in [0.717, 1.165) is 24.5 Å². The van der Waals surface area contributed by atoms with Gasteiger partial charge in [0.2, 0.25) is 6.86 Å². The second-order valence-corrected chi connectivity index (χ2v) is 8.26. The average molecular weight is 554 g/mol. The number of ether oxygens (including phenoxy) is 2. The molecule has 0 atom stereocenters. The van der Waals surface area contributed by atoms with E-state index in [1.807, 2.05) is 6.92 Å². The summed E-state index contributed by atoms with van der Waals surface area (Å²) in [4.78, 5) is 8.34. The predicted octanol–water partition coefficient (Wildman–Crippen LogP) is 7.89. The number of rotatable bonds is 9. The van der Waals surface area contributed by atoms with Gasteiger partial charge < -0.3 is 9.47 Å². The van der Waals surface area contributed by atoms with Crippen LogP contribution in [0.15, 0.2) is 54.9 Å². The Balaban J connectivity index is 1.62. The van der Waals surface area contributed by atoms with Crippen LogP contribution in [0.25, 0.3) is 22.5 Å². The molecule has 0 amide bonds. The molecule has 3 aromatic carbocycles. The van der Waals surface area contributed by atoms with E-state index in [-0.39, 0.29) is 29.1 Å². The van der Waals surface area contributed by atoms with Crippen molar-refractivity contribution >= 4 is 0 Å². The van der Waals surface area contributed by atoms with Gasteiger partial charge in [-0.25, -0.2) is 36.3 Å². The molecule has 0 N–H and O–H groups in total. The first-order valence-corrected chi connectivity index (χ1v) is 11.4. The van der Waals surface area contributed by atoms with Crippen molar-refractivity contribution in [1.29, 1.82) is 0 Å². The summed E-state index contributed by atoms with van der Waals surface area (Å²) in [5, 5.41) is 0. The SMILES string of the molecule is CCCc1cnc(-c2ccc(-c3cc(F)c(C(F)(F)Oc4cc(F)c(OCF)c(F)c4)c(F)c3)c(F)c2)nc1. The lowest BCUT2D eigenvalue weighted by Crippen LogP contribution is -2.25. The molecular formula is C27H18F8N2O2. The van der Waals surface area contributed by atoms with Crippen molar-refractivity contribution in [2.75, 3.05) is 6.86 Å². The second kappa shape index (κ2) is 11.3. The highest BCUT2D eigenvalue weighted by Gasteiger charge is 2.41. The van der Waals surface area contributed by atoms with E-state index in [4.69, 9.17) is 0 Å². The van der Waals surface area contributed by atoms with Crippen LogP contribution in [-0.2, 0) is 12.5 Å². The zero-order chi connectivity index (χ0) is 28.3. The van der Waals surface area contributed by atoms with E-state index < -0.39 is 64.7 Å². The van der Waals surface area contributed by atoms with Crippen LogP contribution in [0, 0.1) is 29.1 Å². The van der Waals surface area contributed by atoms with Crippen LogP contribution in [0.2, 0.25) is 0 Å². The van der Waals surface area contributed by atoms with E-state index in [0.29, 0.717) is 12.1 Å². The van der Waals surface area contributed by atoms with Gasteiger partial charge >= 0.3 is 6.11 Å². The number of benzene rings is 3. The molecule has 0 aliphatic rings. The predicted molar refractivity (Wildman–Crippen MR) is 124 cm³/mol. The number of halogens is 8. The quantitative estimate of drug-likeness (QED) is 0.198. The minimum Gasteiger partial charge on any atom is -0.457 e. The Labute approximate surface area is 216 Å². The van der Waals surface area contributed by atoms with Crippen molar-refractivity contribution in [3.8, 4) is 34.0 Å². The topological polar surface area (TPSA) is 44.2 Å². The first kappa shape index (κ1) is 27.8. The second-order valence-electron chi connectivity index (χ2n) is 8.26. The monoisotopic (exact) mass is 554 g/mol. The Bertz CT molecular complexity index is 1450. The molecule has 0 saturated heterocycles. The van der Waals surface area contributed by atoms with Gasteiger partial charge in [0, 0.05) is 35.7 Å². The Kier molecular flexibility index (Phi) is 8.03. The zero-order valence-electron chi connectivity index (χ0n) is 20.1. The Hall–Kier alpha value is -4.22. The van der Waals surface area contributed by atoms with Gasteiger partial charge in [-0.15, -0.1) is 0 Å². The maximum Gasteiger partial charge on any atom is 0.432 e. The summed E-state index contributed by atoms with van der Waals surface area (Å²) in [7, 11) is 0. The Morgan fingerprint density at radius 2 is 1.36 bits per heavy atom. The van der Waals surface area contributed by atoms with E-state index >= 15 is 0 Å². The molecule has 39 heavy (non-hydrogen) atoms. The third kappa shape index (κ3) is 5.94. The van der Waals surface area contributed by atoms with Crippen LogP contribution < -0.4 is 9.47 Å². The van der Waals surface area contributed by atoms with Gasteiger partial charge in [0.1, 0.15) is 28.8 Å². The molecule has 0 saturated carbocycles. The van der Waals surface area contributed by atoms with Crippen molar-refractivity contribution < 1.29 is 44.6 Å². The highest BCUT2D eigenvalue weighted by molar-refractivity contribution is 5.69. The van der Waals surface area contributed by atoms with Crippen molar-refractivity contribution in [2.24, 2.45) is 0 Å². The zero-order valence-corrected chi connectivity index (χ0v) is 20.1. The molecule has 1 aromatic heterocycles. The van der Waals surface area contributed by atoms with Gasteiger partial charge in [-0.3, -0.25) is 0 Å². The molecular weight excluding hydrogens is 536 g/mol. The summed E-state index contributed by atoms with van der Waals surface area (Å²) in [6.45, 7) is 0.387. The maximum atomic E-state index is 14.9. The lowest BCUT2D eigenvalue weighted by atomic mass is 10.00. The summed E-state index contributed by atoms with van der Waals surface area (Å²) < 4.78 is 122. The highest BCUT2D eigenvalue weighted by Crippen LogP contribution is 2.39. The van der Waals surface area contributed by atoms with Gasteiger partial charge in [0.05, 0.1) is 0 Å². The minimum atomic E-state index is -4.75. The summed E-state index contributed by atoms with van der Waals surface area (Å²) in [6, 6.07) is 4.99. The van der Waals surface area contributed by atoms with Crippen molar-refractivity contribution in [1.82, 2.24) is 9.97 Å². The average Bonchev–Trinajstić information content (AvgIpc) is 2.86. The fraction of sp³-hybridized carbons (Fsp3) is 0.185. The molecule has 204 valence electrons. The molecule has 4 aromatic rings. The molecule has 4 rings (SSSR count). The molecule has 0 fully saturated rings. The third-order valence-corrected chi connectivity index (χ3v) is 5.53. The van der Waals surface area contributed by atoms with E-state index in [9.17, 15) is 35.1 Å². The van der Waals surface area contributed by atoms with E-state index in [1.165, 1.54) is 12.1 Å². The number of hydrogen-bond acceptors (Lipinski definition) is 4. The van der Waals surface area contributed by atoms with Crippen LogP contribution >= 0.6 is 0 Å². The summed E-state index contributed by atoms with van der Waals surface area (Å²) in [5.41, 5.74) is -1.42. The van der Waals surface area contributed by atoms with Gasteiger partial charge in [0.25, 0.3) is 0 Å². The van der Waals surface area contributed by atoms with Gasteiger partial charge in [-0.2, -0.15) is 8.78 Å². The smallest absolute Gasteiger partial charge is 0.432 e. The normalized spacial score (nSPS) is 11.5. The van der Waals surface area contributed by atoms with Crippen molar-refractivity contribution in [3.05, 3.63) is 95.1 Å². The van der Waals surface area contributed by atoms with Gasteiger partial charge in [0.15, 0.2) is 23.2 Å². The largest absolute Gasteiger partial charge is 0.457 e. The van der Waals surface area contributed by atoms with E-state index in [2.05, 4.69) is 19.4 Å². The van der Waals surface area contributed by atoms with E-state index in [1.54, 1.807) is 12.4 Å². The third-order valence-electron chi connectivity index (χ3n) is 5.53. The summed E-state index contributed by atoms with van der Waals surface area (Å²) >= 11 is 0. The van der Waals surface area contributed by atoms with Gasteiger partial charge in [-0.05, 0) is 35.7 Å². The van der Waals surface area contributed by atoms with Gasteiger partial charge in [-0.1, -0.05) is 25.5 Å². The van der Waals surface area contributed by atoms with Crippen LogP contribution in [0.1, 0.15) is 24.5 Å². The van der Waals surface area contributed by atoms with Crippen LogP contribution in [0.5, 0.6) is 11.5 Å². The fourth-order valence-corrected chi connectivity index (χ4v) is 3.80. The van der Waals surface area contributed by atoms with Crippen LogP contribution in [0.4, 0.5) is 35.1 Å². The minimum absolute atomic E-state index is 0.210. The lowest BCUT2D eigenvalue weighted by molar-refractivity contribution is -0.189. The number of aryl methyl sites for hydroxylation is 1. The number of nitrogens with zero attached hydrogens (tertiary/aromatic N) is 2. The number of aromatic nitrogens is 2. The molecule has 0 spiro atoms. The van der Waals surface area contributed by atoms with Crippen molar-refractivity contribution in [2.45, 2.75) is 25.9 Å². The molecule has 0 radical (unpaired) electrons. The molecule has 4 nitrogen and oxygen atoms in total. The number of hydrogen-bond donors (Lipinski definition) is 0. The Morgan fingerprint density at radius 3 is 1.90 bits per heavy atom. The summed E-state index contributed by atoms with van der Waals surface area (Å²) in [5.74, 6) is -9.87. The fourth-order valence-electron chi connectivity index (χ4n) is 3.80. The molecule has 1 heterocycles. The maximum absolute atomic E-state index is 14.9. The number of alkyl halides is 3. The first-order chi connectivity index (χ1) is 18.5. The molecule has 0 unspecified atom stereocenters. The van der Waals surface area contributed by atoms with Crippen molar-refractivity contribution in [3.63, 3.8) is 0 Å². The lowest BCUT2D eigenvalue weighted by Gasteiger charge is -2.20. The van der Waals surface area contributed by atoms with Crippen LogP contribution in [0.3, 0.4) is 0 Å². The molecule has 12 heteroatoms. The standard InChI is InChI=1S/C27H18F8N2O2/c1-2-3-14-11-36-26(37-12-14)15-4-5-18(19(29)6-15)16-7-20(30)24(21(31)8-16)27(34,35)39-17-9-22(32)25(38-13-28)23(33)10-17/h4-12H,2-3,13H2,1H3. The Morgan fingerprint density at radius 1 is 0.769 bits per heavy atom.